The zero-order valence-electron chi connectivity index (χ0n) is 14.9. The highest BCUT2D eigenvalue weighted by Crippen LogP contribution is 2.19. The van der Waals surface area contributed by atoms with Crippen molar-refractivity contribution < 1.29 is 13.2 Å². The van der Waals surface area contributed by atoms with E-state index < -0.39 is 10.0 Å². The standard InChI is InChI=1S/C18H22N4O3S/c1-20(2)26(24,25)17-5-3-4-15(14-17)18(23)22-12-10-21(11-13-22)16-6-8-19-9-7-16/h3-9,14H,10-13H2,1-2H3. The number of aromatic nitrogens is 1. The van der Waals surface area contributed by atoms with Crippen molar-refractivity contribution in [1.29, 1.82) is 0 Å². The Kier molecular flexibility index (Phi) is 5.24. The molecule has 0 aliphatic carbocycles. The third kappa shape index (κ3) is 3.71. The van der Waals surface area contributed by atoms with E-state index in [9.17, 15) is 13.2 Å². The van der Waals surface area contributed by atoms with Gasteiger partial charge in [-0.25, -0.2) is 12.7 Å². The molecule has 1 aliphatic heterocycles. The van der Waals surface area contributed by atoms with Crippen molar-refractivity contribution in [3.05, 3.63) is 54.4 Å². The zero-order chi connectivity index (χ0) is 18.7. The van der Waals surface area contributed by atoms with Crippen LogP contribution in [0.4, 0.5) is 5.69 Å². The predicted molar refractivity (Wildman–Crippen MR) is 99.7 cm³/mol. The Morgan fingerprint density at radius 3 is 2.31 bits per heavy atom. The first-order valence-corrected chi connectivity index (χ1v) is 9.80. The smallest absolute Gasteiger partial charge is 0.254 e. The van der Waals surface area contributed by atoms with Crippen molar-refractivity contribution in [3.63, 3.8) is 0 Å². The number of benzene rings is 1. The molecule has 0 N–H and O–H groups in total. The molecular weight excluding hydrogens is 352 g/mol. The number of nitrogens with zero attached hydrogens (tertiary/aromatic N) is 4. The van der Waals surface area contributed by atoms with Crippen molar-refractivity contribution in [1.82, 2.24) is 14.2 Å². The third-order valence-corrected chi connectivity index (χ3v) is 6.27. The van der Waals surface area contributed by atoms with Crippen LogP contribution in [0.25, 0.3) is 0 Å². The quantitative estimate of drug-likeness (QED) is 0.806. The number of anilines is 1. The van der Waals surface area contributed by atoms with Crippen LogP contribution in [0.15, 0.2) is 53.7 Å². The molecular formula is C18H22N4O3S. The summed E-state index contributed by atoms with van der Waals surface area (Å²) in [6.45, 7) is 2.63. The van der Waals surface area contributed by atoms with Crippen molar-refractivity contribution in [2.75, 3.05) is 45.2 Å². The normalized spacial score (nSPS) is 15.3. The van der Waals surface area contributed by atoms with Crippen LogP contribution in [0.1, 0.15) is 10.4 Å². The van der Waals surface area contributed by atoms with Gasteiger partial charge in [-0.15, -0.1) is 0 Å². The fourth-order valence-electron chi connectivity index (χ4n) is 2.91. The Morgan fingerprint density at radius 1 is 1.04 bits per heavy atom. The van der Waals surface area contributed by atoms with Gasteiger partial charge in [0.05, 0.1) is 4.90 Å². The van der Waals surface area contributed by atoms with E-state index in [2.05, 4.69) is 9.88 Å². The molecule has 7 nitrogen and oxygen atoms in total. The van der Waals surface area contributed by atoms with Crippen molar-refractivity contribution >= 4 is 21.6 Å². The monoisotopic (exact) mass is 374 g/mol. The number of sulfonamides is 1. The molecule has 1 aliphatic rings. The van der Waals surface area contributed by atoms with Crippen LogP contribution in [0.5, 0.6) is 0 Å². The first-order valence-electron chi connectivity index (χ1n) is 8.36. The number of carbonyl (C=O) groups excluding carboxylic acids is 1. The van der Waals surface area contributed by atoms with Crippen LogP contribution in [-0.4, -0.2) is 68.8 Å². The molecule has 138 valence electrons. The Hall–Kier alpha value is -2.45. The molecule has 1 amide bonds. The van der Waals surface area contributed by atoms with Gasteiger partial charge in [-0.05, 0) is 30.3 Å². The molecule has 2 heterocycles. The molecule has 0 bridgehead atoms. The van der Waals surface area contributed by atoms with Crippen LogP contribution in [-0.2, 0) is 10.0 Å². The summed E-state index contributed by atoms with van der Waals surface area (Å²) in [6.07, 6.45) is 3.51. The molecule has 3 rings (SSSR count). The van der Waals surface area contributed by atoms with E-state index in [0.717, 1.165) is 23.1 Å². The Morgan fingerprint density at radius 2 is 1.69 bits per heavy atom. The van der Waals surface area contributed by atoms with Gasteiger partial charge in [0, 0.05) is 63.9 Å². The maximum atomic E-state index is 12.8. The second-order valence-corrected chi connectivity index (χ2v) is 8.45. The first kappa shape index (κ1) is 18.3. The molecule has 1 fully saturated rings. The average Bonchev–Trinajstić information content (AvgIpc) is 2.68. The molecule has 1 aromatic heterocycles. The van der Waals surface area contributed by atoms with Crippen molar-refractivity contribution in [3.8, 4) is 0 Å². The second-order valence-electron chi connectivity index (χ2n) is 6.30. The molecule has 8 heteroatoms. The average molecular weight is 374 g/mol. The lowest BCUT2D eigenvalue weighted by Crippen LogP contribution is -2.48. The summed E-state index contributed by atoms with van der Waals surface area (Å²) in [5.74, 6) is -0.143. The largest absolute Gasteiger partial charge is 0.368 e. The van der Waals surface area contributed by atoms with E-state index in [1.54, 1.807) is 29.4 Å². The number of piperazine rings is 1. The molecule has 1 saturated heterocycles. The highest BCUT2D eigenvalue weighted by Gasteiger charge is 2.24. The third-order valence-electron chi connectivity index (χ3n) is 4.45. The lowest BCUT2D eigenvalue weighted by molar-refractivity contribution is 0.0746. The molecule has 0 radical (unpaired) electrons. The van der Waals surface area contributed by atoms with Gasteiger partial charge in [-0.1, -0.05) is 6.07 Å². The van der Waals surface area contributed by atoms with E-state index in [1.807, 2.05) is 12.1 Å². The summed E-state index contributed by atoms with van der Waals surface area (Å²) < 4.78 is 25.7. The van der Waals surface area contributed by atoms with Gasteiger partial charge in [-0.2, -0.15) is 0 Å². The van der Waals surface area contributed by atoms with Gasteiger partial charge in [0.1, 0.15) is 0 Å². The predicted octanol–water partition coefficient (Wildman–Crippen LogP) is 1.29. The summed E-state index contributed by atoms with van der Waals surface area (Å²) >= 11 is 0. The minimum absolute atomic E-state index is 0.128. The van der Waals surface area contributed by atoms with Gasteiger partial charge < -0.3 is 9.80 Å². The van der Waals surface area contributed by atoms with E-state index in [0.29, 0.717) is 18.7 Å². The van der Waals surface area contributed by atoms with Crippen molar-refractivity contribution in [2.45, 2.75) is 4.90 Å². The highest BCUT2D eigenvalue weighted by molar-refractivity contribution is 7.89. The summed E-state index contributed by atoms with van der Waals surface area (Å²) in [4.78, 5) is 20.9. The minimum atomic E-state index is -3.56. The first-order chi connectivity index (χ1) is 12.4. The number of pyridine rings is 1. The Labute approximate surface area is 153 Å². The maximum Gasteiger partial charge on any atom is 0.254 e. The lowest BCUT2D eigenvalue weighted by atomic mass is 10.1. The number of amides is 1. The summed E-state index contributed by atoms with van der Waals surface area (Å²) in [6, 6.07) is 10.1. The van der Waals surface area contributed by atoms with E-state index in [1.165, 1.54) is 26.2 Å². The van der Waals surface area contributed by atoms with Gasteiger partial charge in [-0.3, -0.25) is 9.78 Å². The van der Waals surface area contributed by atoms with E-state index in [-0.39, 0.29) is 10.8 Å². The van der Waals surface area contributed by atoms with Gasteiger partial charge in [0.15, 0.2) is 0 Å². The number of hydrogen-bond donors (Lipinski definition) is 0. The minimum Gasteiger partial charge on any atom is -0.368 e. The fraction of sp³-hybridized carbons (Fsp3) is 0.333. The van der Waals surface area contributed by atoms with Gasteiger partial charge >= 0.3 is 0 Å². The van der Waals surface area contributed by atoms with Crippen LogP contribution in [0.2, 0.25) is 0 Å². The van der Waals surface area contributed by atoms with E-state index in [4.69, 9.17) is 0 Å². The van der Waals surface area contributed by atoms with Crippen LogP contribution < -0.4 is 4.90 Å². The Balaban J connectivity index is 1.71. The number of rotatable bonds is 4. The highest BCUT2D eigenvalue weighted by atomic mass is 32.2. The Bertz CT molecular complexity index is 876. The van der Waals surface area contributed by atoms with Crippen LogP contribution >= 0.6 is 0 Å². The SMILES string of the molecule is CN(C)S(=O)(=O)c1cccc(C(=O)N2CCN(c3ccncc3)CC2)c1. The summed E-state index contributed by atoms with van der Waals surface area (Å²) in [5, 5.41) is 0. The molecule has 26 heavy (non-hydrogen) atoms. The van der Waals surface area contributed by atoms with Crippen LogP contribution in [0, 0.1) is 0 Å². The summed E-state index contributed by atoms with van der Waals surface area (Å²) in [7, 11) is -0.611. The number of hydrogen-bond acceptors (Lipinski definition) is 5. The second kappa shape index (κ2) is 7.43. The molecule has 1 aromatic carbocycles. The molecule has 0 spiro atoms. The van der Waals surface area contributed by atoms with Gasteiger partial charge in [0.25, 0.3) is 5.91 Å². The van der Waals surface area contributed by atoms with Crippen molar-refractivity contribution in [2.24, 2.45) is 0 Å². The topological polar surface area (TPSA) is 73.8 Å². The fourth-order valence-corrected chi connectivity index (χ4v) is 3.85. The lowest BCUT2D eigenvalue weighted by Gasteiger charge is -2.36. The zero-order valence-corrected chi connectivity index (χ0v) is 15.7. The number of carbonyl (C=O) groups is 1. The summed E-state index contributed by atoms with van der Waals surface area (Å²) in [5.41, 5.74) is 1.48. The molecule has 2 aromatic rings. The molecule has 0 saturated carbocycles. The van der Waals surface area contributed by atoms with Gasteiger partial charge in [0.2, 0.25) is 10.0 Å². The van der Waals surface area contributed by atoms with E-state index >= 15 is 0 Å². The maximum absolute atomic E-state index is 12.8. The molecule has 0 atom stereocenters. The van der Waals surface area contributed by atoms with Crippen LogP contribution in [0.3, 0.4) is 0 Å². The molecule has 0 unspecified atom stereocenters.